The van der Waals surface area contributed by atoms with Crippen LogP contribution in [0.1, 0.15) is 49.4 Å². The van der Waals surface area contributed by atoms with Gasteiger partial charge in [0.25, 0.3) is 0 Å². The number of rotatable bonds is 5. The van der Waals surface area contributed by atoms with Crippen LogP contribution in [-0.2, 0) is 9.47 Å². The highest BCUT2D eigenvalue weighted by Gasteiger charge is 2.28. The van der Waals surface area contributed by atoms with E-state index in [0.29, 0.717) is 21.3 Å². The molecular weight excluding hydrogens is 404 g/mol. The number of Topliss-reactive ketones (excluding diaryl/α,β-unsaturated/α-hetero) is 1. The minimum absolute atomic E-state index is 0.161. The lowest BCUT2D eigenvalue weighted by atomic mass is 10.1. The summed E-state index contributed by atoms with van der Waals surface area (Å²) in [5.74, 6) is -1.71. The standard InChI is InChI=1S/C18H19BrN2O5/c1-8-14(18(24)25-4)9(2)21-15(8)16(22)10(3)26-17(23)12-7-11(19)5-6-13(12)20/h5-7,10,21H,20H2,1-4H3. The van der Waals surface area contributed by atoms with Gasteiger partial charge in [0.1, 0.15) is 0 Å². The smallest absolute Gasteiger partial charge is 0.340 e. The van der Waals surface area contributed by atoms with E-state index in [0.717, 1.165) is 0 Å². The van der Waals surface area contributed by atoms with Gasteiger partial charge in [0.15, 0.2) is 6.10 Å². The number of ketones is 1. The van der Waals surface area contributed by atoms with Crippen LogP contribution < -0.4 is 5.73 Å². The van der Waals surface area contributed by atoms with Gasteiger partial charge in [-0.1, -0.05) is 15.9 Å². The Bertz CT molecular complexity index is 888. The van der Waals surface area contributed by atoms with Crippen LogP contribution in [0.2, 0.25) is 0 Å². The van der Waals surface area contributed by atoms with E-state index in [2.05, 4.69) is 20.9 Å². The first-order chi connectivity index (χ1) is 12.2. The number of ether oxygens (including phenoxy) is 2. The maximum atomic E-state index is 12.7. The monoisotopic (exact) mass is 422 g/mol. The van der Waals surface area contributed by atoms with Gasteiger partial charge in [-0.25, -0.2) is 9.59 Å². The zero-order valence-corrected chi connectivity index (χ0v) is 16.4. The first-order valence-corrected chi connectivity index (χ1v) is 8.54. The van der Waals surface area contributed by atoms with Crippen molar-refractivity contribution < 1.29 is 23.9 Å². The number of halogens is 1. The molecule has 0 radical (unpaired) electrons. The number of aromatic amines is 1. The number of nitrogens with two attached hydrogens (primary N) is 1. The number of carbonyl (C=O) groups is 3. The van der Waals surface area contributed by atoms with E-state index in [4.69, 9.17) is 15.2 Å². The molecule has 1 unspecified atom stereocenters. The van der Waals surface area contributed by atoms with Crippen LogP contribution in [0.25, 0.3) is 0 Å². The number of nitrogen functional groups attached to an aromatic ring is 1. The second kappa shape index (κ2) is 7.74. The van der Waals surface area contributed by atoms with E-state index in [9.17, 15) is 14.4 Å². The van der Waals surface area contributed by atoms with E-state index in [1.807, 2.05) is 0 Å². The normalized spacial score (nSPS) is 11.7. The SMILES string of the molecule is COC(=O)c1c(C)[nH]c(C(=O)C(C)OC(=O)c2cc(Br)ccc2N)c1C. The summed E-state index contributed by atoms with van der Waals surface area (Å²) in [6.45, 7) is 4.75. The number of nitrogens with one attached hydrogen (secondary N) is 1. The van der Waals surface area contributed by atoms with E-state index in [1.54, 1.807) is 26.0 Å². The number of anilines is 1. The van der Waals surface area contributed by atoms with Gasteiger partial charge >= 0.3 is 11.9 Å². The van der Waals surface area contributed by atoms with Crippen molar-refractivity contribution in [2.24, 2.45) is 0 Å². The predicted molar refractivity (Wildman–Crippen MR) is 99.4 cm³/mol. The van der Waals surface area contributed by atoms with Crippen LogP contribution in [0.3, 0.4) is 0 Å². The highest BCUT2D eigenvalue weighted by molar-refractivity contribution is 9.10. The first kappa shape index (κ1) is 19.7. The molecule has 7 nitrogen and oxygen atoms in total. The minimum atomic E-state index is -1.07. The molecule has 0 fully saturated rings. The second-order valence-electron chi connectivity index (χ2n) is 5.76. The lowest BCUT2D eigenvalue weighted by molar-refractivity contribution is 0.0317. The highest BCUT2D eigenvalue weighted by Crippen LogP contribution is 2.23. The molecule has 0 saturated heterocycles. The molecule has 2 rings (SSSR count). The van der Waals surface area contributed by atoms with Crippen molar-refractivity contribution in [1.82, 2.24) is 4.98 Å². The fourth-order valence-corrected chi connectivity index (χ4v) is 2.95. The van der Waals surface area contributed by atoms with Gasteiger partial charge in [-0.3, -0.25) is 4.79 Å². The summed E-state index contributed by atoms with van der Waals surface area (Å²) >= 11 is 3.26. The number of hydrogen-bond acceptors (Lipinski definition) is 6. The Morgan fingerprint density at radius 3 is 2.46 bits per heavy atom. The average Bonchev–Trinajstić information content (AvgIpc) is 2.89. The molecule has 1 aromatic heterocycles. The summed E-state index contributed by atoms with van der Waals surface area (Å²) in [6.07, 6.45) is -1.07. The number of hydrogen-bond donors (Lipinski definition) is 2. The number of benzene rings is 1. The van der Waals surface area contributed by atoms with Crippen molar-refractivity contribution in [3.05, 3.63) is 50.8 Å². The van der Waals surface area contributed by atoms with Crippen LogP contribution >= 0.6 is 15.9 Å². The molecule has 8 heteroatoms. The summed E-state index contributed by atoms with van der Waals surface area (Å²) in [4.78, 5) is 39.7. The third-order valence-electron chi connectivity index (χ3n) is 3.96. The molecule has 0 aliphatic heterocycles. The molecule has 0 aliphatic rings. The third-order valence-corrected chi connectivity index (χ3v) is 4.45. The van der Waals surface area contributed by atoms with Crippen molar-refractivity contribution in [1.29, 1.82) is 0 Å². The first-order valence-electron chi connectivity index (χ1n) is 7.75. The lowest BCUT2D eigenvalue weighted by Crippen LogP contribution is -2.25. The van der Waals surface area contributed by atoms with Gasteiger partial charge in [-0.15, -0.1) is 0 Å². The molecule has 1 aromatic carbocycles. The summed E-state index contributed by atoms with van der Waals surface area (Å²) < 4.78 is 10.6. The number of H-pyrrole nitrogens is 1. The summed E-state index contributed by atoms with van der Waals surface area (Å²) in [5, 5.41) is 0. The summed E-state index contributed by atoms with van der Waals surface area (Å²) in [5.41, 5.74) is 7.65. The molecule has 2 aromatic rings. The Hall–Kier alpha value is -2.61. The van der Waals surface area contributed by atoms with Gasteiger partial charge in [-0.05, 0) is 44.5 Å². The minimum Gasteiger partial charge on any atom is -0.465 e. The van der Waals surface area contributed by atoms with Crippen molar-refractivity contribution in [3.8, 4) is 0 Å². The van der Waals surface area contributed by atoms with Crippen LogP contribution in [-0.4, -0.2) is 35.9 Å². The molecule has 3 N–H and O–H groups in total. The van der Waals surface area contributed by atoms with Gasteiger partial charge < -0.3 is 20.2 Å². The molecule has 0 saturated carbocycles. The van der Waals surface area contributed by atoms with Crippen molar-refractivity contribution in [2.75, 3.05) is 12.8 Å². The van der Waals surface area contributed by atoms with E-state index >= 15 is 0 Å². The van der Waals surface area contributed by atoms with Crippen LogP contribution in [0.5, 0.6) is 0 Å². The molecule has 1 atom stereocenters. The largest absolute Gasteiger partial charge is 0.465 e. The fourth-order valence-electron chi connectivity index (χ4n) is 2.59. The third kappa shape index (κ3) is 3.80. The molecule has 1 heterocycles. The van der Waals surface area contributed by atoms with E-state index < -0.39 is 23.8 Å². The lowest BCUT2D eigenvalue weighted by Gasteiger charge is -2.13. The van der Waals surface area contributed by atoms with Crippen LogP contribution in [0.15, 0.2) is 22.7 Å². The number of carbonyl (C=O) groups excluding carboxylic acids is 3. The number of aromatic nitrogens is 1. The molecular formula is C18H19BrN2O5. The number of esters is 2. The highest BCUT2D eigenvalue weighted by atomic mass is 79.9. The Kier molecular flexibility index (Phi) is 5.86. The van der Waals surface area contributed by atoms with Gasteiger partial charge in [0.05, 0.1) is 23.9 Å². The maximum absolute atomic E-state index is 12.7. The van der Waals surface area contributed by atoms with Crippen LogP contribution in [0, 0.1) is 13.8 Å². The van der Waals surface area contributed by atoms with Gasteiger partial charge in [-0.2, -0.15) is 0 Å². The van der Waals surface area contributed by atoms with E-state index in [-0.39, 0.29) is 16.9 Å². The zero-order valence-electron chi connectivity index (χ0n) is 14.8. The Balaban J connectivity index is 2.24. The Labute approximate surface area is 159 Å². The molecule has 138 valence electrons. The topological polar surface area (TPSA) is 111 Å². The average molecular weight is 423 g/mol. The zero-order chi connectivity index (χ0) is 19.6. The van der Waals surface area contributed by atoms with Crippen LogP contribution in [0.4, 0.5) is 5.69 Å². The quantitative estimate of drug-likeness (QED) is 0.434. The van der Waals surface area contributed by atoms with Crippen molar-refractivity contribution >= 4 is 39.3 Å². The Morgan fingerprint density at radius 1 is 1.19 bits per heavy atom. The number of methoxy groups -OCH3 is 1. The van der Waals surface area contributed by atoms with Crippen molar-refractivity contribution in [3.63, 3.8) is 0 Å². The predicted octanol–water partition coefficient (Wildman–Crippen LogP) is 3.19. The molecule has 0 spiro atoms. The van der Waals surface area contributed by atoms with Gasteiger partial charge in [0, 0.05) is 15.9 Å². The van der Waals surface area contributed by atoms with E-state index in [1.165, 1.54) is 20.1 Å². The molecule has 0 amide bonds. The second-order valence-corrected chi connectivity index (χ2v) is 6.68. The summed E-state index contributed by atoms with van der Waals surface area (Å²) in [6, 6.07) is 4.78. The number of aryl methyl sites for hydroxylation is 1. The summed E-state index contributed by atoms with van der Waals surface area (Å²) in [7, 11) is 1.27. The molecule has 26 heavy (non-hydrogen) atoms. The Morgan fingerprint density at radius 2 is 1.85 bits per heavy atom. The fraction of sp³-hybridized carbons (Fsp3) is 0.278. The molecule has 0 bridgehead atoms. The van der Waals surface area contributed by atoms with Crippen molar-refractivity contribution in [2.45, 2.75) is 26.9 Å². The molecule has 0 aliphatic carbocycles. The maximum Gasteiger partial charge on any atom is 0.340 e. The van der Waals surface area contributed by atoms with Gasteiger partial charge in [0.2, 0.25) is 5.78 Å².